The second-order valence-corrected chi connectivity index (χ2v) is 7.04. The van der Waals surface area contributed by atoms with E-state index in [0.29, 0.717) is 11.3 Å². The van der Waals surface area contributed by atoms with E-state index in [-0.39, 0.29) is 30.2 Å². The number of hydrogen-bond acceptors (Lipinski definition) is 5. The summed E-state index contributed by atoms with van der Waals surface area (Å²) < 4.78 is 4.66. The molecule has 1 heterocycles. The van der Waals surface area contributed by atoms with Crippen LogP contribution in [0.15, 0.2) is 24.3 Å². The highest BCUT2D eigenvalue weighted by Crippen LogP contribution is 2.31. The molecule has 0 aromatic heterocycles. The number of imide groups is 1. The van der Waals surface area contributed by atoms with Crippen LogP contribution < -0.4 is 4.90 Å². The maximum absolute atomic E-state index is 13.0. The summed E-state index contributed by atoms with van der Waals surface area (Å²) >= 11 is 0. The quantitative estimate of drug-likeness (QED) is 0.598. The molecule has 0 bridgehead atoms. The Hall–Kier alpha value is -2.70. The van der Waals surface area contributed by atoms with Gasteiger partial charge in [0.2, 0.25) is 11.8 Å². The van der Waals surface area contributed by atoms with Crippen molar-refractivity contribution in [3.05, 3.63) is 29.8 Å². The summed E-state index contributed by atoms with van der Waals surface area (Å²) in [5, 5.41) is 0. The lowest BCUT2D eigenvalue weighted by molar-refractivity contribution is -0.140. The molecule has 1 aromatic rings. The molecule has 1 aliphatic carbocycles. The normalized spacial score (nSPS) is 20.7. The van der Waals surface area contributed by atoms with Gasteiger partial charge in [-0.2, -0.15) is 0 Å². The number of benzene rings is 1. The molecule has 1 atom stereocenters. The fourth-order valence-electron chi connectivity index (χ4n) is 4.06. The van der Waals surface area contributed by atoms with Crippen molar-refractivity contribution in [2.24, 2.45) is 0 Å². The van der Waals surface area contributed by atoms with Crippen LogP contribution in [0, 0.1) is 0 Å². The van der Waals surface area contributed by atoms with Gasteiger partial charge in [0.25, 0.3) is 5.91 Å². The molecule has 3 rings (SSSR count). The predicted octanol–water partition coefficient (Wildman–Crippen LogP) is 2.29. The molecular formula is C20H24N2O5. The fourth-order valence-corrected chi connectivity index (χ4v) is 4.06. The first-order valence-electron chi connectivity index (χ1n) is 9.28. The van der Waals surface area contributed by atoms with Crippen LogP contribution >= 0.6 is 0 Å². The molecule has 0 spiro atoms. The van der Waals surface area contributed by atoms with Gasteiger partial charge < -0.3 is 9.64 Å². The molecule has 2 aliphatic rings. The maximum Gasteiger partial charge on any atom is 0.337 e. The zero-order chi connectivity index (χ0) is 19.6. The van der Waals surface area contributed by atoms with Gasteiger partial charge in [-0.05, 0) is 37.1 Å². The minimum absolute atomic E-state index is 0.00628. The van der Waals surface area contributed by atoms with E-state index < -0.39 is 12.0 Å². The predicted molar refractivity (Wildman–Crippen MR) is 98.1 cm³/mol. The minimum atomic E-state index is -0.751. The Morgan fingerprint density at radius 3 is 2.26 bits per heavy atom. The van der Waals surface area contributed by atoms with Crippen molar-refractivity contribution < 1.29 is 23.9 Å². The minimum Gasteiger partial charge on any atom is -0.465 e. The van der Waals surface area contributed by atoms with Crippen molar-refractivity contribution >= 4 is 29.4 Å². The van der Waals surface area contributed by atoms with Crippen LogP contribution in [0.3, 0.4) is 0 Å². The van der Waals surface area contributed by atoms with E-state index in [1.807, 2.05) is 0 Å². The first-order valence-corrected chi connectivity index (χ1v) is 9.28. The third-order valence-electron chi connectivity index (χ3n) is 5.34. The Morgan fingerprint density at radius 2 is 1.70 bits per heavy atom. The van der Waals surface area contributed by atoms with Gasteiger partial charge in [-0.15, -0.1) is 0 Å². The van der Waals surface area contributed by atoms with E-state index in [2.05, 4.69) is 4.74 Å². The summed E-state index contributed by atoms with van der Waals surface area (Å²) in [6.07, 6.45) is 4.92. The molecule has 1 aromatic carbocycles. The van der Waals surface area contributed by atoms with Gasteiger partial charge in [0.1, 0.15) is 6.04 Å². The number of carbonyl (C=O) groups is 4. The van der Waals surface area contributed by atoms with Gasteiger partial charge in [-0.25, -0.2) is 9.69 Å². The summed E-state index contributed by atoms with van der Waals surface area (Å²) in [7, 11) is 1.29. The number of nitrogens with zero attached hydrogens (tertiary/aromatic N) is 2. The molecular weight excluding hydrogens is 348 g/mol. The van der Waals surface area contributed by atoms with Crippen molar-refractivity contribution in [1.82, 2.24) is 4.90 Å². The van der Waals surface area contributed by atoms with Gasteiger partial charge in [-0.1, -0.05) is 19.3 Å². The number of esters is 1. The van der Waals surface area contributed by atoms with Gasteiger partial charge in [0.15, 0.2) is 0 Å². The van der Waals surface area contributed by atoms with Crippen LogP contribution in [-0.4, -0.2) is 47.8 Å². The third-order valence-corrected chi connectivity index (χ3v) is 5.34. The number of carbonyl (C=O) groups excluding carboxylic acids is 4. The highest BCUT2D eigenvalue weighted by atomic mass is 16.5. The van der Waals surface area contributed by atoms with Gasteiger partial charge in [-0.3, -0.25) is 14.4 Å². The maximum atomic E-state index is 13.0. The van der Waals surface area contributed by atoms with Crippen LogP contribution in [0.25, 0.3) is 0 Å². The molecule has 1 saturated heterocycles. The molecule has 7 nitrogen and oxygen atoms in total. The second kappa shape index (κ2) is 7.90. The Morgan fingerprint density at radius 1 is 1.07 bits per heavy atom. The molecule has 3 amide bonds. The smallest absolute Gasteiger partial charge is 0.337 e. The number of amides is 3. The van der Waals surface area contributed by atoms with E-state index in [1.54, 1.807) is 17.0 Å². The van der Waals surface area contributed by atoms with Crippen LogP contribution in [0.1, 0.15) is 55.8 Å². The Bertz CT molecular complexity index is 752. The summed E-state index contributed by atoms with van der Waals surface area (Å²) in [6.45, 7) is 1.46. The van der Waals surface area contributed by atoms with Crippen molar-refractivity contribution in [2.45, 2.75) is 57.5 Å². The molecule has 2 fully saturated rings. The number of methoxy groups -OCH3 is 1. The van der Waals surface area contributed by atoms with Crippen LogP contribution in [-0.2, 0) is 19.1 Å². The highest BCUT2D eigenvalue weighted by molar-refractivity contribution is 6.23. The van der Waals surface area contributed by atoms with Crippen LogP contribution in [0.5, 0.6) is 0 Å². The lowest BCUT2D eigenvalue weighted by atomic mass is 9.92. The summed E-state index contributed by atoms with van der Waals surface area (Å²) in [5.41, 5.74) is 0.733. The van der Waals surface area contributed by atoms with Gasteiger partial charge in [0, 0.05) is 13.0 Å². The van der Waals surface area contributed by atoms with Crippen molar-refractivity contribution in [3.8, 4) is 0 Å². The molecule has 27 heavy (non-hydrogen) atoms. The standard InChI is InChI=1S/C20H24N2O5/c1-13(23)21(15-6-4-3-5-7-15)17-12-18(24)22(19(17)25)16-10-8-14(9-11-16)20(26)27-2/h8-11,15,17H,3-7,12H2,1-2H3. The summed E-state index contributed by atoms with van der Waals surface area (Å²) in [4.78, 5) is 52.1. The monoisotopic (exact) mass is 372 g/mol. The lowest BCUT2D eigenvalue weighted by Gasteiger charge is -2.36. The Balaban J connectivity index is 1.83. The average Bonchev–Trinajstić information content (AvgIpc) is 2.96. The van der Waals surface area contributed by atoms with Crippen molar-refractivity contribution in [1.29, 1.82) is 0 Å². The van der Waals surface area contributed by atoms with Gasteiger partial charge >= 0.3 is 5.97 Å². The first kappa shape index (κ1) is 19.1. The largest absolute Gasteiger partial charge is 0.465 e. The van der Waals surface area contributed by atoms with Crippen molar-refractivity contribution in [2.75, 3.05) is 12.0 Å². The van der Waals surface area contributed by atoms with E-state index in [9.17, 15) is 19.2 Å². The number of rotatable bonds is 4. The SMILES string of the molecule is COC(=O)c1ccc(N2C(=O)CC(N(C(C)=O)C3CCCCC3)C2=O)cc1. The third kappa shape index (κ3) is 3.72. The number of ether oxygens (including phenoxy) is 1. The zero-order valence-corrected chi connectivity index (χ0v) is 15.6. The average molecular weight is 372 g/mol. The summed E-state index contributed by atoms with van der Waals surface area (Å²) in [6, 6.07) is 5.38. The lowest BCUT2D eigenvalue weighted by Crippen LogP contribution is -2.50. The van der Waals surface area contributed by atoms with E-state index in [0.717, 1.165) is 37.0 Å². The molecule has 0 N–H and O–H groups in total. The van der Waals surface area contributed by atoms with E-state index in [1.165, 1.54) is 26.2 Å². The van der Waals surface area contributed by atoms with Crippen molar-refractivity contribution in [3.63, 3.8) is 0 Å². The molecule has 0 radical (unpaired) electrons. The van der Waals surface area contributed by atoms with Gasteiger partial charge in [0.05, 0.1) is 24.8 Å². The molecule has 144 valence electrons. The fraction of sp³-hybridized carbons (Fsp3) is 0.500. The van der Waals surface area contributed by atoms with E-state index >= 15 is 0 Å². The topological polar surface area (TPSA) is 84.0 Å². The Labute approximate surface area is 158 Å². The molecule has 1 unspecified atom stereocenters. The Kier molecular flexibility index (Phi) is 5.58. The number of anilines is 1. The van der Waals surface area contributed by atoms with E-state index in [4.69, 9.17) is 0 Å². The highest BCUT2D eigenvalue weighted by Gasteiger charge is 2.45. The molecule has 1 aliphatic heterocycles. The zero-order valence-electron chi connectivity index (χ0n) is 15.6. The summed E-state index contributed by atoms with van der Waals surface area (Å²) in [5.74, 6) is -1.38. The number of hydrogen-bond donors (Lipinski definition) is 0. The second-order valence-electron chi connectivity index (χ2n) is 7.04. The van der Waals surface area contributed by atoms with Crippen LogP contribution in [0.4, 0.5) is 5.69 Å². The first-order chi connectivity index (χ1) is 12.9. The molecule has 7 heteroatoms. The molecule has 1 saturated carbocycles. The van der Waals surface area contributed by atoms with Crippen LogP contribution in [0.2, 0.25) is 0 Å².